The van der Waals surface area contributed by atoms with Crippen LogP contribution < -0.4 is 15.0 Å². The number of nitrogens with zero attached hydrogens (tertiary/aromatic N) is 3. The number of aromatic nitrogens is 4. The number of aromatic amines is 1. The summed E-state index contributed by atoms with van der Waals surface area (Å²) in [4.78, 5) is 32.8. The molecule has 0 atom stereocenters. The summed E-state index contributed by atoms with van der Waals surface area (Å²) in [6, 6.07) is 12.2. The van der Waals surface area contributed by atoms with Crippen molar-refractivity contribution < 1.29 is 17.9 Å². The second-order valence-electron chi connectivity index (χ2n) is 8.02. The Labute approximate surface area is 208 Å². The molecule has 2 aromatic heterocycles. The van der Waals surface area contributed by atoms with Gasteiger partial charge in [0.2, 0.25) is 0 Å². The zero-order chi connectivity index (χ0) is 25.9. The van der Waals surface area contributed by atoms with Crippen molar-refractivity contribution in [2.45, 2.75) is 45.1 Å². The van der Waals surface area contributed by atoms with Crippen molar-refractivity contribution in [1.29, 1.82) is 0 Å². The first-order valence-corrected chi connectivity index (χ1v) is 13.2. The first-order chi connectivity index (χ1) is 17.3. The predicted octanol–water partition coefficient (Wildman–Crippen LogP) is 3.28. The fourth-order valence-electron chi connectivity index (χ4n) is 3.88. The fraction of sp³-hybridized carbons (Fsp3) is 0.280. The van der Waals surface area contributed by atoms with Gasteiger partial charge in [0, 0.05) is 12.1 Å². The lowest BCUT2D eigenvalue weighted by molar-refractivity contribution is 0.0981. The number of carbonyl (C=O) groups excluding carboxylic acids is 1. The molecule has 36 heavy (non-hydrogen) atoms. The zero-order valence-electron chi connectivity index (χ0n) is 20.2. The standard InChI is InChI=1S/C25H27N5O5S/c1-4-10-19-21-22(30(5-2)28-19)25(32)27-23(26-21)18-15-17(13-14-20(18)35-6-3)36(33,34)29-24(31)16-11-8-7-9-12-16/h7-9,11-15H,4-6,10H2,1-3H3,(H,29,31)(H,26,27,32). The molecule has 0 aliphatic rings. The van der Waals surface area contributed by atoms with E-state index in [4.69, 9.17) is 4.74 Å². The van der Waals surface area contributed by atoms with E-state index in [2.05, 4.69) is 19.8 Å². The highest BCUT2D eigenvalue weighted by Gasteiger charge is 2.23. The second-order valence-corrected chi connectivity index (χ2v) is 9.70. The van der Waals surface area contributed by atoms with Crippen molar-refractivity contribution in [3.63, 3.8) is 0 Å². The third-order valence-electron chi connectivity index (χ3n) is 5.53. The molecule has 0 spiro atoms. The number of hydrogen-bond donors (Lipinski definition) is 2. The normalized spacial score (nSPS) is 11.5. The van der Waals surface area contributed by atoms with Crippen LogP contribution >= 0.6 is 0 Å². The van der Waals surface area contributed by atoms with Gasteiger partial charge in [-0.05, 0) is 50.6 Å². The SMILES string of the molecule is CCCc1nn(CC)c2c(=O)[nH]c(-c3cc(S(=O)(=O)NC(=O)c4ccccc4)ccc3OCC)nc12. The Hall–Kier alpha value is -3.99. The average Bonchev–Trinajstić information content (AvgIpc) is 3.23. The largest absolute Gasteiger partial charge is 0.493 e. The summed E-state index contributed by atoms with van der Waals surface area (Å²) < 4.78 is 35.5. The number of aryl methyl sites for hydroxylation is 2. The molecule has 0 aliphatic carbocycles. The van der Waals surface area contributed by atoms with Crippen molar-refractivity contribution in [1.82, 2.24) is 24.5 Å². The summed E-state index contributed by atoms with van der Waals surface area (Å²) in [5, 5.41) is 4.53. The summed E-state index contributed by atoms with van der Waals surface area (Å²) in [7, 11) is -4.23. The predicted molar refractivity (Wildman–Crippen MR) is 136 cm³/mol. The van der Waals surface area contributed by atoms with Crippen LogP contribution in [0.5, 0.6) is 5.75 Å². The van der Waals surface area contributed by atoms with Gasteiger partial charge in [0.05, 0.1) is 22.8 Å². The molecule has 188 valence electrons. The first-order valence-electron chi connectivity index (χ1n) is 11.7. The summed E-state index contributed by atoms with van der Waals surface area (Å²) in [6.45, 7) is 6.50. The molecule has 1 amide bonds. The molecule has 0 unspecified atom stereocenters. The zero-order valence-corrected chi connectivity index (χ0v) is 21.1. The molecule has 4 rings (SSSR count). The van der Waals surface area contributed by atoms with Gasteiger partial charge in [-0.3, -0.25) is 14.3 Å². The van der Waals surface area contributed by atoms with Crippen LogP contribution in [0.15, 0.2) is 58.2 Å². The highest BCUT2D eigenvalue weighted by Crippen LogP contribution is 2.31. The highest BCUT2D eigenvalue weighted by molar-refractivity contribution is 7.90. The molecule has 11 heteroatoms. The van der Waals surface area contributed by atoms with Gasteiger partial charge in [0.25, 0.3) is 21.5 Å². The molecule has 0 fully saturated rings. The Morgan fingerprint density at radius 1 is 1.11 bits per heavy atom. The van der Waals surface area contributed by atoms with Crippen molar-refractivity contribution in [3.05, 3.63) is 70.1 Å². The van der Waals surface area contributed by atoms with Crippen LogP contribution in [0.1, 0.15) is 43.2 Å². The van der Waals surface area contributed by atoms with Gasteiger partial charge in [-0.2, -0.15) is 5.10 Å². The van der Waals surface area contributed by atoms with Gasteiger partial charge in [0.15, 0.2) is 5.52 Å². The number of ether oxygens (including phenoxy) is 1. The number of rotatable bonds is 9. The van der Waals surface area contributed by atoms with Crippen LogP contribution in [0.25, 0.3) is 22.4 Å². The van der Waals surface area contributed by atoms with E-state index < -0.39 is 15.9 Å². The molecule has 0 aliphatic heterocycles. The summed E-state index contributed by atoms with van der Waals surface area (Å²) in [5.41, 5.74) is 1.61. The Morgan fingerprint density at radius 3 is 2.53 bits per heavy atom. The maximum absolute atomic E-state index is 13.1. The molecule has 10 nitrogen and oxygen atoms in total. The average molecular weight is 510 g/mol. The number of amides is 1. The Balaban J connectivity index is 1.83. The summed E-state index contributed by atoms with van der Waals surface area (Å²) in [6.07, 6.45) is 1.45. The van der Waals surface area contributed by atoms with E-state index in [0.717, 1.165) is 6.42 Å². The van der Waals surface area contributed by atoms with Crippen LogP contribution in [0.3, 0.4) is 0 Å². The quantitative estimate of drug-likeness (QED) is 0.353. The van der Waals surface area contributed by atoms with Crippen LogP contribution in [0.4, 0.5) is 0 Å². The minimum absolute atomic E-state index is 0.149. The minimum atomic E-state index is -4.23. The number of carbonyl (C=O) groups is 1. The van der Waals surface area contributed by atoms with Crippen LogP contribution in [0, 0.1) is 0 Å². The molecule has 2 heterocycles. The molecule has 2 N–H and O–H groups in total. The van der Waals surface area contributed by atoms with Crippen molar-refractivity contribution in [2.24, 2.45) is 0 Å². The lowest BCUT2D eigenvalue weighted by Gasteiger charge is -2.13. The van der Waals surface area contributed by atoms with E-state index in [1.807, 2.05) is 13.8 Å². The highest BCUT2D eigenvalue weighted by atomic mass is 32.2. The molecule has 0 saturated carbocycles. The number of sulfonamides is 1. The van der Waals surface area contributed by atoms with Gasteiger partial charge >= 0.3 is 0 Å². The summed E-state index contributed by atoms with van der Waals surface area (Å²) >= 11 is 0. The lowest BCUT2D eigenvalue weighted by atomic mass is 10.1. The van der Waals surface area contributed by atoms with Crippen molar-refractivity contribution >= 4 is 27.0 Å². The molecule has 2 aromatic carbocycles. The molecular formula is C25H27N5O5S. The number of fused-ring (bicyclic) bond motifs is 1. The van der Waals surface area contributed by atoms with E-state index in [1.54, 1.807) is 29.8 Å². The molecule has 0 saturated heterocycles. The lowest BCUT2D eigenvalue weighted by Crippen LogP contribution is -2.30. The molecular weight excluding hydrogens is 482 g/mol. The van der Waals surface area contributed by atoms with E-state index in [9.17, 15) is 18.0 Å². The monoisotopic (exact) mass is 509 g/mol. The van der Waals surface area contributed by atoms with Gasteiger partial charge in [-0.1, -0.05) is 31.5 Å². The molecule has 4 aromatic rings. The second kappa shape index (κ2) is 10.3. The Kier molecular flexibility index (Phi) is 7.20. The third-order valence-corrected chi connectivity index (χ3v) is 6.86. The van der Waals surface area contributed by atoms with Gasteiger partial charge < -0.3 is 9.72 Å². The number of H-pyrrole nitrogens is 1. The van der Waals surface area contributed by atoms with Crippen LogP contribution in [-0.4, -0.2) is 40.7 Å². The number of nitrogens with one attached hydrogen (secondary N) is 2. The maximum Gasteiger partial charge on any atom is 0.277 e. The molecule has 0 radical (unpaired) electrons. The fourth-order valence-corrected chi connectivity index (χ4v) is 4.88. The molecule has 0 bridgehead atoms. The van der Waals surface area contributed by atoms with Crippen molar-refractivity contribution in [3.8, 4) is 17.1 Å². The Bertz CT molecular complexity index is 1580. The van der Waals surface area contributed by atoms with E-state index in [1.165, 1.54) is 30.3 Å². The third kappa shape index (κ3) is 4.87. The van der Waals surface area contributed by atoms with Gasteiger partial charge in [-0.25, -0.2) is 18.1 Å². The van der Waals surface area contributed by atoms with E-state index in [-0.39, 0.29) is 27.4 Å². The topological polar surface area (TPSA) is 136 Å². The van der Waals surface area contributed by atoms with E-state index in [0.29, 0.717) is 42.0 Å². The van der Waals surface area contributed by atoms with Crippen molar-refractivity contribution in [2.75, 3.05) is 6.61 Å². The minimum Gasteiger partial charge on any atom is -0.493 e. The Morgan fingerprint density at radius 2 is 1.86 bits per heavy atom. The number of benzene rings is 2. The smallest absolute Gasteiger partial charge is 0.277 e. The number of hydrogen-bond acceptors (Lipinski definition) is 7. The summed E-state index contributed by atoms with van der Waals surface area (Å²) in [5.74, 6) is -0.265. The van der Waals surface area contributed by atoms with Crippen LogP contribution in [-0.2, 0) is 23.0 Å². The van der Waals surface area contributed by atoms with Crippen LogP contribution in [0.2, 0.25) is 0 Å². The van der Waals surface area contributed by atoms with Gasteiger partial charge in [-0.15, -0.1) is 0 Å². The van der Waals surface area contributed by atoms with Gasteiger partial charge in [0.1, 0.15) is 17.1 Å². The van der Waals surface area contributed by atoms with E-state index >= 15 is 0 Å². The first kappa shape index (κ1) is 25.1. The maximum atomic E-state index is 13.1.